The molecule has 0 bridgehead atoms. The number of sulfonamides is 1. The zero-order chi connectivity index (χ0) is 14.3. The van der Waals surface area contributed by atoms with Gasteiger partial charge in [-0.1, -0.05) is 18.2 Å². The van der Waals surface area contributed by atoms with Crippen LogP contribution in [-0.2, 0) is 14.8 Å². The third-order valence-corrected chi connectivity index (χ3v) is 5.85. The molecule has 1 amide bonds. The number of nitrogens with one attached hydrogen (secondary N) is 1. The highest BCUT2D eigenvalue weighted by atomic mass is 32.2. The Morgan fingerprint density at radius 1 is 1.26 bits per heavy atom. The van der Waals surface area contributed by atoms with E-state index in [4.69, 9.17) is 0 Å². The molecule has 0 aliphatic carbocycles. The zero-order valence-corrected chi connectivity index (χ0v) is 12.1. The molecule has 1 N–H and O–H groups in total. The molecule has 0 atom stereocenters. The normalized spacial score (nSPS) is 19.9. The molecule has 0 unspecified atom stereocenters. The van der Waals surface area contributed by atoms with Crippen molar-refractivity contribution in [2.24, 2.45) is 0 Å². The van der Waals surface area contributed by atoms with Crippen LogP contribution in [0.2, 0.25) is 0 Å². The summed E-state index contributed by atoms with van der Waals surface area (Å²) in [4.78, 5) is 11.7. The van der Waals surface area contributed by atoms with E-state index < -0.39 is 14.8 Å². The van der Waals surface area contributed by atoms with Crippen molar-refractivity contribution in [2.75, 3.05) is 18.4 Å². The topological polar surface area (TPSA) is 66.5 Å². The van der Waals surface area contributed by atoms with Crippen LogP contribution >= 0.6 is 0 Å². The first-order valence-corrected chi connectivity index (χ1v) is 7.58. The molecule has 104 valence electrons. The molecule has 1 aromatic carbocycles. The zero-order valence-electron chi connectivity index (χ0n) is 11.3. The number of carbonyl (C=O) groups is 1. The Kier molecular flexibility index (Phi) is 3.30. The molecule has 19 heavy (non-hydrogen) atoms. The molecule has 0 aromatic heterocycles. The molecule has 0 spiro atoms. The van der Waals surface area contributed by atoms with E-state index in [-0.39, 0.29) is 12.5 Å². The van der Waals surface area contributed by atoms with Crippen molar-refractivity contribution in [3.63, 3.8) is 0 Å². The van der Waals surface area contributed by atoms with Gasteiger partial charge in [-0.3, -0.25) is 4.79 Å². The minimum absolute atomic E-state index is 0.166. The first-order chi connectivity index (χ1) is 8.78. The van der Waals surface area contributed by atoms with Crippen LogP contribution < -0.4 is 5.32 Å². The maximum atomic E-state index is 11.9. The van der Waals surface area contributed by atoms with Gasteiger partial charge in [0.15, 0.2) is 4.75 Å². The van der Waals surface area contributed by atoms with Gasteiger partial charge in [0, 0.05) is 12.2 Å². The number of para-hydroxylation sites is 1. The van der Waals surface area contributed by atoms with Gasteiger partial charge >= 0.3 is 0 Å². The van der Waals surface area contributed by atoms with Gasteiger partial charge in [0.25, 0.3) is 15.9 Å². The molecular weight excluding hydrogens is 264 g/mol. The van der Waals surface area contributed by atoms with Crippen LogP contribution in [0.15, 0.2) is 24.3 Å². The number of rotatable bonds is 4. The van der Waals surface area contributed by atoms with Crippen LogP contribution in [-0.4, -0.2) is 36.5 Å². The number of carbonyl (C=O) groups excluding carboxylic acids is 1. The number of benzene rings is 1. The fourth-order valence-corrected chi connectivity index (χ4v) is 3.57. The Bertz CT molecular complexity index is 608. The smallest absolute Gasteiger partial charge is 0.258 e. The predicted molar refractivity (Wildman–Crippen MR) is 74.4 cm³/mol. The molecular formula is C13H18N2O3S. The average molecular weight is 282 g/mol. The lowest BCUT2D eigenvalue weighted by atomic mass is 10.2. The molecule has 6 heteroatoms. The van der Waals surface area contributed by atoms with Crippen molar-refractivity contribution in [1.82, 2.24) is 4.31 Å². The summed E-state index contributed by atoms with van der Waals surface area (Å²) in [7, 11) is -3.47. The Balaban J connectivity index is 1.95. The molecule has 1 saturated heterocycles. The lowest BCUT2D eigenvalue weighted by Crippen LogP contribution is -2.67. The highest BCUT2D eigenvalue weighted by Gasteiger charge is 2.59. The third kappa shape index (κ3) is 2.10. The van der Waals surface area contributed by atoms with Crippen LogP contribution in [0.25, 0.3) is 0 Å². The second-order valence-corrected chi connectivity index (χ2v) is 7.55. The van der Waals surface area contributed by atoms with Crippen LogP contribution in [0, 0.1) is 6.92 Å². The summed E-state index contributed by atoms with van der Waals surface area (Å²) in [5.74, 6) is -0.334. The Morgan fingerprint density at radius 3 is 2.47 bits per heavy atom. The number of anilines is 1. The van der Waals surface area contributed by atoms with Gasteiger partial charge < -0.3 is 5.32 Å². The first kappa shape index (κ1) is 13.9. The van der Waals surface area contributed by atoms with Crippen LogP contribution in [0.1, 0.15) is 19.4 Å². The second kappa shape index (κ2) is 4.52. The number of nitrogens with zero attached hydrogens (tertiary/aromatic N) is 1. The quantitative estimate of drug-likeness (QED) is 0.905. The largest absolute Gasteiger partial charge is 0.383 e. The monoisotopic (exact) mass is 282 g/mol. The summed E-state index contributed by atoms with van der Waals surface area (Å²) < 4.78 is 23.4. The molecule has 0 saturated carbocycles. The molecule has 5 nitrogen and oxygen atoms in total. The van der Waals surface area contributed by atoms with Crippen molar-refractivity contribution >= 4 is 21.6 Å². The van der Waals surface area contributed by atoms with E-state index in [1.54, 1.807) is 0 Å². The van der Waals surface area contributed by atoms with E-state index in [0.29, 0.717) is 6.54 Å². The summed E-state index contributed by atoms with van der Waals surface area (Å²) in [6.45, 7) is 5.42. The van der Waals surface area contributed by atoms with Crippen molar-refractivity contribution < 1.29 is 13.2 Å². The molecule has 2 rings (SSSR count). The maximum absolute atomic E-state index is 11.9. The van der Waals surface area contributed by atoms with Gasteiger partial charge in [-0.05, 0) is 32.4 Å². The van der Waals surface area contributed by atoms with Crippen LogP contribution in [0.3, 0.4) is 0 Å². The van der Waals surface area contributed by atoms with E-state index in [1.807, 2.05) is 31.2 Å². The number of hydrogen-bond donors (Lipinski definition) is 1. The van der Waals surface area contributed by atoms with E-state index in [1.165, 1.54) is 13.8 Å². The fraction of sp³-hybridized carbons (Fsp3) is 0.462. The van der Waals surface area contributed by atoms with E-state index in [0.717, 1.165) is 15.6 Å². The first-order valence-electron chi connectivity index (χ1n) is 6.14. The number of amides is 1. The maximum Gasteiger partial charge on any atom is 0.258 e. The van der Waals surface area contributed by atoms with Crippen LogP contribution in [0.5, 0.6) is 0 Å². The summed E-state index contributed by atoms with van der Waals surface area (Å²) in [5, 5.41) is 3.14. The SMILES string of the molecule is Cc1ccccc1NCCN1C(=O)C(C)(C)S1(=O)=O. The van der Waals surface area contributed by atoms with E-state index in [2.05, 4.69) is 5.32 Å². The standard InChI is InChI=1S/C13H18N2O3S/c1-10-6-4-5-7-11(10)14-8-9-15-12(16)13(2,3)19(15,17)18/h4-7,14H,8-9H2,1-3H3. The Hall–Kier alpha value is -1.56. The lowest BCUT2D eigenvalue weighted by molar-refractivity contribution is -0.132. The van der Waals surface area contributed by atoms with E-state index >= 15 is 0 Å². The van der Waals surface area contributed by atoms with Crippen LogP contribution in [0.4, 0.5) is 5.69 Å². The molecule has 1 aliphatic heterocycles. The Morgan fingerprint density at radius 2 is 1.89 bits per heavy atom. The number of hydrogen-bond acceptors (Lipinski definition) is 4. The molecule has 0 radical (unpaired) electrons. The summed E-state index contributed by atoms with van der Waals surface area (Å²) in [6, 6.07) is 7.74. The highest BCUT2D eigenvalue weighted by molar-refractivity contribution is 7.94. The van der Waals surface area contributed by atoms with Crippen molar-refractivity contribution in [1.29, 1.82) is 0 Å². The summed E-state index contributed by atoms with van der Waals surface area (Å²) in [6.07, 6.45) is 0. The molecule has 1 heterocycles. The van der Waals surface area contributed by atoms with Crippen molar-refractivity contribution in [2.45, 2.75) is 25.5 Å². The summed E-state index contributed by atoms with van der Waals surface area (Å²) in [5.41, 5.74) is 2.03. The molecule has 1 aromatic rings. The second-order valence-electron chi connectivity index (χ2n) is 5.13. The summed E-state index contributed by atoms with van der Waals surface area (Å²) >= 11 is 0. The minimum atomic E-state index is -3.47. The lowest BCUT2D eigenvalue weighted by Gasteiger charge is -2.43. The fourth-order valence-electron chi connectivity index (χ4n) is 2.04. The van der Waals surface area contributed by atoms with Gasteiger partial charge in [-0.25, -0.2) is 12.7 Å². The van der Waals surface area contributed by atoms with Gasteiger partial charge in [0.1, 0.15) is 0 Å². The molecule has 1 aliphatic rings. The number of aryl methyl sites for hydroxylation is 1. The van der Waals surface area contributed by atoms with Crippen molar-refractivity contribution in [3.8, 4) is 0 Å². The van der Waals surface area contributed by atoms with Gasteiger partial charge in [-0.15, -0.1) is 0 Å². The van der Waals surface area contributed by atoms with Gasteiger partial charge in [0.2, 0.25) is 0 Å². The third-order valence-electron chi connectivity index (χ3n) is 3.45. The van der Waals surface area contributed by atoms with Gasteiger partial charge in [-0.2, -0.15) is 0 Å². The van der Waals surface area contributed by atoms with Gasteiger partial charge in [0.05, 0.1) is 6.54 Å². The Labute approximate surface area is 113 Å². The molecule has 1 fully saturated rings. The van der Waals surface area contributed by atoms with Crippen molar-refractivity contribution in [3.05, 3.63) is 29.8 Å². The predicted octanol–water partition coefficient (Wildman–Crippen LogP) is 1.36. The highest BCUT2D eigenvalue weighted by Crippen LogP contribution is 2.34. The minimum Gasteiger partial charge on any atom is -0.383 e. The average Bonchev–Trinajstić information content (AvgIpc) is 2.35. The van der Waals surface area contributed by atoms with E-state index in [9.17, 15) is 13.2 Å².